The smallest absolute Gasteiger partial charge is 0.492 e. The van der Waals surface area contributed by atoms with Gasteiger partial charge in [0.1, 0.15) is 5.75 Å². The maximum absolute atomic E-state index is 9.29. The Hall–Kier alpha value is -2.32. The number of methoxy groups -OCH3 is 1. The molecule has 2 aromatic rings. The molecular weight excluding hydrogens is 259 g/mol. The molecule has 0 aliphatic rings. The number of hydrogen-bond acceptors (Lipinski definition) is 6. The number of nitrogens with zero attached hydrogens (tertiary/aromatic N) is 3. The molecule has 104 valence electrons. The second-order valence-electron chi connectivity index (χ2n) is 4.20. The van der Waals surface area contributed by atoms with Crippen molar-refractivity contribution in [1.82, 2.24) is 9.66 Å². The Balaban J connectivity index is 2.30. The highest BCUT2D eigenvalue weighted by atomic mass is 16.5. The molecule has 1 aromatic carbocycles. The molecule has 1 aromatic heterocycles. The third-order valence-corrected chi connectivity index (χ3v) is 2.70. The van der Waals surface area contributed by atoms with Crippen molar-refractivity contribution in [2.24, 2.45) is 5.10 Å². The van der Waals surface area contributed by atoms with E-state index >= 15 is 0 Å². The predicted octanol–water partition coefficient (Wildman–Crippen LogP) is -0.656. The van der Waals surface area contributed by atoms with Gasteiger partial charge in [0, 0.05) is 5.46 Å². The first-order valence-electron chi connectivity index (χ1n) is 5.91. The lowest BCUT2D eigenvalue weighted by molar-refractivity contribution is 0.403. The fourth-order valence-corrected chi connectivity index (χ4v) is 1.76. The molecule has 7 nitrogen and oxygen atoms in total. The van der Waals surface area contributed by atoms with Gasteiger partial charge in [-0.3, -0.25) is 0 Å². The largest absolute Gasteiger partial charge is 0.497 e. The van der Waals surface area contributed by atoms with Crippen molar-refractivity contribution in [3.05, 3.63) is 35.7 Å². The zero-order valence-electron chi connectivity index (χ0n) is 11.2. The molecule has 0 fully saturated rings. The molecule has 0 bridgehead atoms. The summed E-state index contributed by atoms with van der Waals surface area (Å²) < 4.78 is 6.49. The number of anilines is 1. The van der Waals surface area contributed by atoms with Crippen LogP contribution in [0.3, 0.4) is 0 Å². The summed E-state index contributed by atoms with van der Waals surface area (Å²) in [5.41, 5.74) is 7.38. The van der Waals surface area contributed by atoms with E-state index in [1.807, 2.05) is 6.92 Å². The van der Waals surface area contributed by atoms with Crippen molar-refractivity contribution in [2.45, 2.75) is 6.92 Å². The average molecular weight is 274 g/mol. The Morgan fingerprint density at radius 2 is 2.20 bits per heavy atom. The molecule has 2 rings (SSSR count). The van der Waals surface area contributed by atoms with Crippen LogP contribution in [0.1, 0.15) is 11.3 Å². The van der Waals surface area contributed by atoms with E-state index in [9.17, 15) is 10.0 Å². The maximum Gasteiger partial charge on any atom is 0.492 e. The molecule has 0 unspecified atom stereocenters. The van der Waals surface area contributed by atoms with Gasteiger partial charge in [-0.2, -0.15) is 5.10 Å². The quantitative estimate of drug-likeness (QED) is 0.507. The van der Waals surface area contributed by atoms with Gasteiger partial charge in [-0.25, -0.2) is 9.66 Å². The molecule has 0 aliphatic heterocycles. The topological polar surface area (TPSA) is 106 Å². The number of ether oxygens (including phenoxy) is 1. The van der Waals surface area contributed by atoms with Crippen LogP contribution in [0.25, 0.3) is 0 Å². The van der Waals surface area contributed by atoms with Crippen LogP contribution in [0.4, 0.5) is 5.95 Å². The van der Waals surface area contributed by atoms with Crippen LogP contribution in [0.2, 0.25) is 0 Å². The SMILES string of the molecule is COc1ccc(C=Nn2cc(C)nc2N)cc1B(O)O. The number of aryl methyl sites for hydroxylation is 1. The minimum Gasteiger partial charge on any atom is -0.497 e. The molecule has 20 heavy (non-hydrogen) atoms. The summed E-state index contributed by atoms with van der Waals surface area (Å²) in [6.45, 7) is 1.82. The molecule has 4 N–H and O–H groups in total. The normalized spacial score (nSPS) is 11.0. The van der Waals surface area contributed by atoms with Gasteiger partial charge in [0.15, 0.2) is 0 Å². The average Bonchev–Trinajstić information content (AvgIpc) is 2.74. The molecule has 0 aliphatic carbocycles. The van der Waals surface area contributed by atoms with E-state index < -0.39 is 7.12 Å². The van der Waals surface area contributed by atoms with E-state index in [1.165, 1.54) is 11.8 Å². The lowest BCUT2D eigenvalue weighted by Crippen LogP contribution is -2.31. The number of aromatic nitrogens is 2. The van der Waals surface area contributed by atoms with E-state index in [-0.39, 0.29) is 11.4 Å². The predicted molar refractivity (Wildman–Crippen MR) is 77.2 cm³/mol. The molecule has 0 saturated carbocycles. The monoisotopic (exact) mass is 274 g/mol. The summed E-state index contributed by atoms with van der Waals surface area (Å²) in [5.74, 6) is 0.685. The number of nitrogens with two attached hydrogens (primary N) is 1. The molecule has 0 saturated heterocycles. The Bertz CT molecular complexity index is 640. The first-order chi connectivity index (χ1) is 9.51. The Kier molecular flexibility index (Phi) is 4.06. The standard InChI is InChI=1S/C12H15BN4O3/c1-8-7-17(12(14)16-8)15-6-9-3-4-11(20-2)10(5-9)13(18)19/h3-7,18-19H,1-2H3,(H2,14,16). The fraction of sp³-hybridized carbons (Fsp3) is 0.167. The highest BCUT2D eigenvalue weighted by Crippen LogP contribution is 2.09. The summed E-state index contributed by atoms with van der Waals surface area (Å²) in [5, 5.41) is 22.7. The van der Waals surface area contributed by atoms with Gasteiger partial charge in [0.25, 0.3) is 0 Å². The van der Waals surface area contributed by atoms with Crippen molar-refractivity contribution in [2.75, 3.05) is 12.8 Å². The van der Waals surface area contributed by atoms with Crippen molar-refractivity contribution in [3.63, 3.8) is 0 Å². The minimum absolute atomic E-state index is 0.270. The zero-order chi connectivity index (χ0) is 14.7. The summed E-state index contributed by atoms with van der Waals surface area (Å²) in [7, 11) is -0.150. The zero-order valence-corrected chi connectivity index (χ0v) is 11.2. The summed E-state index contributed by atoms with van der Waals surface area (Å²) >= 11 is 0. The van der Waals surface area contributed by atoms with Gasteiger partial charge >= 0.3 is 7.12 Å². The Labute approximate surface area is 116 Å². The number of imidazole rings is 1. The fourth-order valence-electron chi connectivity index (χ4n) is 1.76. The highest BCUT2D eigenvalue weighted by molar-refractivity contribution is 6.59. The minimum atomic E-state index is -1.61. The second-order valence-corrected chi connectivity index (χ2v) is 4.20. The van der Waals surface area contributed by atoms with Crippen molar-refractivity contribution in [1.29, 1.82) is 0 Å². The van der Waals surface area contributed by atoms with E-state index in [1.54, 1.807) is 30.6 Å². The lowest BCUT2D eigenvalue weighted by Gasteiger charge is -2.08. The lowest BCUT2D eigenvalue weighted by atomic mass is 9.79. The van der Waals surface area contributed by atoms with Crippen LogP contribution < -0.4 is 15.9 Å². The number of nitrogen functional groups attached to an aromatic ring is 1. The summed E-state index contributed by atoms with van der Waals surface area (Å²) in [6, 6.07) is 4.96. The first-order valence-corrected chi connectivity index (χ1v) is 5.91. The maximum atomic E-state index is 9.29. The first kappa shape index (κ1) is 14.1. The molecule has 0 amide bonds. The van der Waals surface area contributed by atoms with Gasteiger partial charge < -0.3 is 20.5 Å². The van der Waals surface area contributed by atoms with Crippen LogP contribution >= 0.6 is 0 Å². The third-order valence-electron chi connectivity index (χ3n) is 2.70. The van der Waals surface area contributed by atoms with E-state index in [4.69, 9.17) is 10.5 Å². The summed E-state index contributed by atoms with van der Waals surface area (Å²) in [6.07, 6.45) is 3.24. The molecule has 0 radical (unpaired) electrons. The van der Waals surface area contributed by atoms with E-state index in [2.05, 4.69) is 10.1 Å². The number of rotatable bonds is 4. The van der Waals surface area contributed by atoms with Gasteiger partial charge in [-0.05, 0) is 30.7 Å². The molecule has 0 spiro atoms. The van der Waals surface area contributed by atoms with Gasteiger partial charge in [0.05, 0.1) is 25.2 Å². The van der Waals surface area contributed by atoms with Crippen molar-refractivity contribution >= 4 is 24.7 Å². The van der Waals surface area contributed by atoms with Crippen LogP contribution in [-0.4, -0.2) is 40.2 Å². The molecular formula is C12H15BN4O3. The van der Waals surface area contributed by atoms with Crippen LogP contribution in [0, 0.1) is 6.92 Å². The van der Waals surface area contributed by atoms with E-state index in [0.29, 0.717) is 11.3 Å². The van der Waals surface area contributed by atoms with Crippen LogP contribution in [0.5, 0.6) is 5.75 Å². The Morgan fingerprint density at radius 3 is 2.75 bits per heavy atom. The van der Waals surface area contributed by atoms with Gasteiger partial charge in [0.2, 0.25) is 5.95 Å². The highest BCUT2D eigenvalue weighted by Gasteiger charge is 2.16. The third kappa shape index (κ3) is 2.98. The molecule has 1 heterocycles. The van der Waals surface area contributed by atoms with Crippen LogP contribution in [-0.2, 0) is 0 Å². The number of benzene rings is 1. The number of hydrogen-bond donors (Lipinski definition) is 3. The van der Waals surface area contributed by atoms with E-state index in [0.717, 1.165) is 5.69 Å². The molecule has 0 atom stereocenters. The second kappa shape index (κ2) is 5.76. The van der Waals surface area contributed by atoms with Gasteiger partial charge in [-0.15, -0.1) is 0 Å². The Morgan fingerprint density at radius 1 is 1.45 bits per heavy atom. The molecule has 8 heteroatoms. The van der Waals surface area contributed by atoms with Crippen LogP contribution in [0.15, 0.2) is 29.5 Å². The summed E-state index contributed by atoms with van der Waals surface area (Å²) in [4.78, 5) is 4.02. The van der Waals surface area contributed by atoms with Crippen molar-refractivity contribution in [3.8, 4) is 5.75 Å². The van der Waals surface area contributed by atoms with Gasteiger partial charge in [-0.1, -0.05) is 0 Å². The van der Waals surface area contributed by atoms with Crippen molar-refractivity contribution < 1.29 is 14.8 Å².